The van der Waals surface area contributed by atoms with Crippen molar-refractivity contribution in [2.45, 2.75) is 26.3 Å². The number of anilines is 1. The Morgan fingerprint density at radius 1 is 1.03 bits per heavy atom. The Bertz CT molecular complexity index is 1180. The van der Waals surface area contributed by atoms with Gasteiger partial charge in [-0.25, -0.2) is 4.68 Å². The fraction of sp³-hybridized carbons (Fsp3) is 0.190. The van der Waals surface area contributed by atoms with Crippen LogP contribution in [0.3, 0.4) is 0 Å². The first kappa shape index (κ1) is 23.1. The quantitative estimate of drug-likeness (QED) is 0.411. The lowest BCUT2D eigenvalue weighted by molar-refractivity contribution is -0.137. The van der Waals surface area contributed by atoms with Crippen LogP contribution in [0.15, 0.2) is 46.9 Å². The lowest BCUT2D eigenvalue weighted by atomic mass is 10.2. The van der Waals surface area contributed by atoms with Gasteiger partial charge in [0.25, 0.3) is 5.91 Å². The third-order valence-electron chi connectivity index (χ3n) is 4.58. The molecule has 3 amide bonds. The van der Waals surface area contributed by atoms with E-state index in [-0.39, 0.29) is 11.7 Å². The van der Waals surface area contributed by atoms with E-state index in [4.69, 9.17) is 23.2 Å². The Morgan fingerprint density at radius 2 is 1.77 bits per heavy atom. The predicted molar refractivity (Wildman–Crippen MR) is 126 cm³/mol. The van der Waals surface area contributed by atoms with E-state index >= 15 is 0 Å². The number of halogens is 3. The zero-order valence-electron chi connectivity index (χ0n) is 16.6. The van der Waals surface area contributed by atoms with Crippen LogP contribution < -0.4 is 16.1 Å². The molecule has 0 unspecified atom stereocenters. The summed E-state index contributed by atoms with van der Waals surface area (Å²) in [5, 5.41) is 6.66. The summed E-state index contributed by atoms with van der Waals surface area (Å²) in [6.07, 6.45) is 0.677. The van der Waals surface area contributed by atoms with E-state index in [1.54, 1.807) is 43.3 Å². The van der Waals surface area contributed by atoms with Crippen LogP contribution in [-0.4, -0.2) is 28.4 Å². The molecule has 2 aromatic carbocycles. The number of nitrogens with one attached hydrogen (secondary N) is 3. The SMILES string of the molecule is CC[C@H](C)NC(=O)C(=O)Nn1c(C(=O)Nc2ccc(Cl)c(Cl)c2)cc2cc(Br)ccc21. The highest BCUT2D eigenvalue weighted by Crippen LogP contribution is 2.27. The largest absolute Gasteiger partial charge is 0.345 e. The smallest absolute Gasteiger partial charge is 0.328 e. The third-order valence-corrected chi connectivity index (χ3v) is 5.82. The zero-order valence-corrected chi connectivity index (χ0v) is 19.7. The van der Waals surface area contributed by atoms with Gasteiger partial charge in [-0.2, -0.15) is 0 Å². The van der Waals surface area contributed by atoms with E-state index < -0.39 is 17.7 Å². The molecular weight excluding hydrogens is 507 g/mol. The first-order chi connectivity index (χ1) is 14.7. The fourth-order valence-corrected chi connectivity index (χ4v) is 3.46. The Hall–Kier alpha value is -2.55. The van der Waals surface area contributed by atoms with Gasteiger partial charge in [-0.15, -0.1) is 0 Å². The number of carbonyl (C=O) groups is 3. The number of amides is 3. The summed E-state index contributed by atoms with van der Waals surface area (Å²) in [6.45, 7) is 3.69. The van der Waals surface area contributed by atoms with Gasteiger partial charge < -0.3 is 10.6 Å². The molecule has 3 aromatic rings. The molecule has 0 saturated carbocycles. The van der Waals surface area contributed by atoms with Gasteiger partial charge >= 0.3 is 11.8 Å². The minimum absolute atomic E-state index is 0.129. The van der Waals surface area contributed by atoms with Gasteiger partial charge in [0.15, 0.2) is 0 Å². The summed E-state index contributed by atoms with van der Waals surface area (Å²) in [5.74, 6) is -2.18. The number of nitrogens with zero attached hydrogens (tertiary/aromatic N) is 1. The van der Waals surface area contributed by atoms with Gasteiger partial charge in [-0.1, -0.05) is 46.1 Å². The molecule has 1 aromatic heterocycles. The Morgan fingerprint density at radius 3 is 2.45 bits per heavy atom. The molecule has 0 aliphatic rings. The molecule has 31 heavy (non-hydrogen) atoms. The highest BCUT2D eigenvalue weighted by atomic mass is 79.9. The molecule has 0 aliphatic heterocycles. The molecule has 3 N–H and O–H groups in total. The van der Waals surface area contributed by atoms with Crippen molar-refractivity contribution in [2.24, 2.45) is 0 Å². The van der Waals surface area contributed by atoms with E-state index in [2.05, 4.69) is 32.0 Å². The standard InChI is InChI=1S/C21H19BrCl2N4O3/c1-3-11(2)25-20(30)21(31)27-28-17-7-4-13(22)8-12(17)9-18(28)19(29)26-14-5-6-15(23)16(24)10-14/h4-11H,3H2,1-2H3,(H,25,30)(H,26,29)(H,27,31)/t11-/m0/s1. The van der Waals surface area contributed by atoms with Gasteiger partial charge in [-0.05, 0) is 55.8 Å². The van der Waals surface area contributed by atoms with Crippen LogP contribution in [0.1, 0.15) is 30.8 Å². The molecule has 0 fully saturated rings. The molecular formula is C21H19BrCl2N4O3. The molecule has 1 heterocycles. The summed E-state index contributed by atoms with van der Waals surface area (Å²) < 4.78 is 2.09. The molecule has 3 rings (SSSR count). The number of hydrogen-bond donors (Lipinski definition) is 3. The van der Waals surface area contributed by atoms with Crippen LogP contribution in [0.25, 0.3) is 10.9 Å². The second kappa shape index (κ2) is 9.72. The maximum atomic E-state index is 13.0. The fourth-order valence-electron chi connectivity index (χ4n) is 2.79. The molecule has 7 nitrogen and oxygen atoms in total. The summed E-state index contributed by atoms with van der Waals surface area (Å²) in [7, 11) is 0. The molecule has 0 radical (unpaired) electrons. The van der Waals surface area contributed by atoms with Gasteiger partial charge in [0.1, 0.15) is 5.69 Å². The normalized spacial score (nSPS) is 11.8. The van der Waals surface area contributed by atoms with Crippen LogP contribution in [0, 0.1) is 0 Å². The molecule has 1 atom stereocenters. The van der Waals surface area contributed by atoms with Crippen LogP contribution >= 0.6 is 39.1 Å². The van der Waals surface area contributed by atoms with Gasteiger partial charge in [0.2, 0.25) is 0 Å². The topological polar surface area (TPSA) is 92.2 Å². The highest BCUT2D eigenvalue weighted by molar-refractivity contribution is 9.10. The van der Waals surface area contributed by atoms with Crippen molar-refractivity contribution >= 4 is 73.4 Å². The molecule has 0 bridgehead atoms. The summed E-state index contributed by atoms with van der Waals surface area (Å²) in [4.78, 5) is 37.7. The van der Waals surface area contributed by atoms with Crippen LogP contribution in [0.4, 0.5) is 5.69 Å². The van der Waals surface area contributed by atoms with Crippen molar-refractivity contribution in [1.82, 2.24) is 9.99 Å². The molecule has 10 heteroatoms. The first-order valence-electron chi connectivity index (χ1n) is 9.38. The minimum atomic E-state index is -0.885. The second-order valence-electron chi connectivity index (χ2n) is 6.87. The lowest BCUT2D eigenvalue weighted by Gasteiger charge is -2.14. The number of aromatic nitrogens is 1. The summed E-state index contributed by atoms with van der Waals surface area (Å²) >= 11 is 15.3. The highest BCUT2D eigenvalue weighted by Gasteiger charge is 2.22. The van der Waals surface area contributed by atoms with E-state index in [9.17, 15) is 14.4 Å². The number of benzene rings is 2. The van der Waals surface area contributed by atoms with E-state index in [0.29, 0.717) is 33.1 Å². The van der Waals surface area contributed by atoms with Crippen LogP contribution in [0.2, 0.25) is 10.0 Å². The van der Waals surface area contributed by atoms with Gasteiger partial charge in [-0.3, -0.25) is 19.8 Å². The van der Waals surface area contributed by atoms with Crippen molar-refractivity contribution in [1.29, 1.82) is 0 Å². The predicted octanol–water partition coefficient (Wildman–Crippen LogP) is 4.95. The van der Waals surface area contributed by atoms with Crippen molar-refractivity contribution in [3.63, 3.8) is 0 Å². The van der Waals surface area contributed by atoms with Crippen molar-refractivity contribution in [3.05, 3.63) is 62.7 Å². The van der Waals surface area contributed by atoms with Gasteiger partial charge in [0.05, 0.1) is 15.6 Å². The minimum Gasteiger partial charge on any atom is -0.345 e. The number of fused-ring (bicyclic) bond motifs is 1. The van der Waals surface area contributed by atoms with Crippen molar-refractivity contribution in [3.8, 4) is 0 Å². The van der Waals surface area contributed by atoms with Crippen LogP contribution in [0.5, 0.6) is 0 Å². The zero-order chi connectivity index (χ0) is 22.7. The van der Waals surface area contributed by atoms with E-state index in [1.165, 1.54) is 10.7 Å². The Balaban J connectivity index is 1.94. The average Bonchev–Trinajstić information content (AvgIpc) is 3.07. The Labute approximate surface area is 197 Å². The maximum absolute atomic E-state index is 13.0. The Kier molecular flexibility index (Phi) is 7.25. The average molecular weight is 526 g/mol. The van der Waals surface area contributed by atoms with Gasteiger partial charge in [0, 0.05) is 21.6 Å². The maximum Gasteiger partial charge on any atom is 0.328 e. The monoisotopic (exact) mass is 524 g/mol. The molecule has 0 aliphatic carbocycles. The van der Waals surface area contributed by atoms with E-state index in [1.807, 2.05) is 6.92 Å². The summed E-state index contributed by atoms with van der Waals surface area (Å²) in [6, 6.07) is 11.4. The lowest BCUT2D eigenvalue weighted by Crippen LogP contribution is -2.43. The van der Waals surface area contributed by atoms with E-state index in [0.717, 1.165) is 4.47 Å². The number of rotatable bonds is 5. The number of carbonyl (C=O) groups excluding carboxylic acids is 3. The van der Waals surface area contributed by atoms with Crippen molar-refractivity contribution in [2.75, 3.05) is 10.7 Å². The molecule has 162 valence electrons. The van der Waals surface area contributed by atoms with Crippen molar-refractivity contribution < 1.29 is 14.4 Å². The first-order valence-corrected chi connectivity index (χ1v) is 10.9. The summed E-state index contributed by atoms with van der Waals surface area (Å²) in [5.41, 5.74) is 3.62. The van der Waals surface area contributed by atoms with Crippen LogP contribution in [-0.2, 0) is 9.59 Å². The molecule has 0 spiro atoms. The second-order valence-corrected chi connectivity index (χ2v) is 8.60. The molecule has 0 saturated heterocycles. The number of hydrogen-bond acceptors (Lipinski definition) is 3. The third kappa shape index (κ3) is 5.39.